The minimum Gasteiger partial charge on any atom is -0.138 e. The quantitative estimate of drug-likeness (QED) is 0.332. The summed E-state index contributed by atoms with van der Waals surface area (Å²) >= 11 is 4.06. The van der Waals surface area contributed by atoms with E-state index in [9.17, 15) is 0 Å². The van der Waals surface area contributed by atoms with Crippen molar-refractivity contribution in [2.45, 2.75) is 12.8 Å². The highest BCUT2D eigenvalue weighted by molar-refractivity contribution is 7.33. The first-order valence-corrected chi connectivity index (χ1v) is 10.2. The Labute approximate surface area is 148 Å². The lowest BCUT2D eigenvalue weighted by molar-refractivity contribution is 0.444. The second kappa shape index (κ2) is 4.81. The third-order valence-electron chi connectivity index (χ3n) is 5.59. The third kappa shape index (κ3) is 1.78. The van der Waals surface area contributed by atoms with Gasteiger partial charge < -0.3 is 0 Å². The average Bonchev–Trinajstić information content (AvgIpc) is 3.13. The zero-order valence-corrected chi connectivity index (χ0v) is 14.8. The molecule has 0 spiro atoms. The molecular formula is C22H16S2. The SMILES string of the molecule is C1=CC2Cc3sc4c(sc5cc6ccccc6cc54)c3CC2C=C1. The summed E-state index contributed by atoms with van der Waals surface area (Å²) in [6.07, 6.45) is 11.7. The molecule has 4 aromatic rings. The number of fused-ring (bicyclic) bond motifs is 7. The smallest absolute Gasteiger partial charge is 0.0535 e. The van der Waals surface area contributed by atoms with E-state index >= 15 is 0 Å². The molecule has 2 atom stereocenters. The molecule has 6 rings (SSSR count). The van der Waals surface area contributed by atoms with Gasteiger partial charge in [-0.25, -0.2) is 0 Å². The zero-order chi connectivity index (χ0) is 15.7. The fourth-order valence-corrected chi connectivity index (χ4v) is 7.24. The van der Waals surface area contributed by atoms with Crippen LogP contribution in [-0.2, 0) is 12.8 Å². The van der Waals surface area contributed by atoms with Crippen LogP contribution in [0.3, 0.4) is 0 Å². The maximum absolute atomic E-state index is 2.42. The monoisotopic (exact) mass is 344 g/mol. The van der Waals surface area contributed by atoms with Crippen molar-refractivity contribution < 1.29 is 0 Å². The lowest BCUT2D eigenvalue weighted by Gasteiger charge is -2.28. The molecule has 2 aromatic carbocycles. The Kier molecular flexibility index (Phi) is 2.68. The average molecular weight is 345 g/mol. The molecule has 0 fully saturated rings. The van der Waals surface area contributed by atoms with Crippen LogP contribution in [0.25, 0.3) is 30.3 Å². The van der Waals surface area contributed by atoms with E-state index in [0.29, 0.717) is 11.8 Å². The van der Waals surface area contributed by atoms with Gasteiger partial charge in [0, 0.05) is 19.7 Å². The number of allylic oxidation sites excluding steroid dienone is 4. The minimum absolute atomic E-state index is 0.699. The Balaban J connectivity index is 1.62. The summed E-state index contributed by atoms with van der Waals surface area (Å²) in [7, 11) is 0. The second-order valence-electron chi connectivity index (χ2n) is 6.97. The minimum atomic E-state index is 0.699. The van der Waals surface area contributed by atoms with E-state index in [1.165, 1.54) is 38.4 Å². The predicted molar refractivity (Wildman–Crippen MR) is 107 cm³/mol. The molecule has 0 amide bonds. The van der Waals surface area contributed by atoms with Gasteiger partial charge in [0.1, 0.15) is 0 Å². The fourth-order valence-electron chi connectivity index (χ4n) is 4.33. The van der Waals surface area contributed by atoms with Crippen LogP contribution in [-0.4, -0.2) is 0 Å². The first-order chi connectivity index (χ1) is 11.9. The van der Waals surface area contributed by atoms with Crippen LogP contribution in [0.5, 0.6) is 0 Å². The Morgan fingerprint density at radius 3 is 2.38 bits per heavy atom. The molecule has 2 unspecified atom stereocenters. The van der Waals surface area contributed by atoms with Gasteiger partial charge in [0.2, 0.25) is 0 Å². The summed E-state index contributed by atoms with van der Waals surface area (Å²) in [4.78, 5) is 1.63. The number of hydrogen-bond acceptors (Lipinski definition) is 2. The number of hydrogen-bond donors (Lipinski definition) is 0. The first kappa shape index (κ1) is 13.4. The Hall–Kier alpha value is -1.90. The van der Waals surface area contributed by atoms with Gasteiger partial charge in [-0.15, -0.1) is 22.7 Å². The molecule has 0 aliphatic heterocycles. The summed E-state index contributed by atoms with van der Waals surface area (Å²) in [5.41, 5.74) is 1.64. The van der Waals surface area contributed by atoms with Crippen LogP contribution in [0.1, 0.15) is 10.4 Å². The Morgan fingerprint density at radius 1 is 0.792 bits per heavy atom. The van der Waals surface area contributed by atoms with E-state index in [1.807, 2.05) is 11.3 Å². The molecule has 0 nitrogen and oxygen atoms in total. The summed E-state index contributed by atoms with van der Waals surface area (Å²) < 4.78 is 4.53. The van der Waals surface area contributed by atoms with Crippen LogP contribution in [0.2, 0.25) is 0 Å². The summed E-state index contributed by atoms with van der Waals surface area (Å²) in [6, 6.07) is 13.5. The predicted octanol–water partition coefficient (Wildman–Crippen LogP) is 6.73. The Morgan fingerprint density at radius 2 is 1.54 bits per heavy atom. The van der Waals surface area contributed by atoms with Crippen molar-refractivity contribution in [2.24, 2.45) is 11.8 Å². The molecule has 0 radical (unpaired) electrons. The van der Waals surface area contributed by atoms with Gasteiger partial charge in [0.15, 0.2) is 0 Å². The maximum Gasteiger partial charge on any atom is 0.0535 e. The van der Waals surface area contributed by atoms with Crippen LogP contribution in [0.4, 0.5) is 0 Å². The summed E-state index contributed by atoms with van der Waals surface area (Å²) in [6.45, 7) is 0. The van der Waals surface area contributed by atoms with Crippen molar-refractivity contribution in [3.63, 3.8) is 0 Å². The topological polar surface area (TPSA) is 0 Å². The summed E-state index contributed by atoms with van der Waals surface area (Å²) in [5, 5.41) is 4.17. The van der Waals surface area contributed by atoms with E-state index in [4.69, 9.17) is 0 Å². The van der Waals surface area contributed by atoms with Gasteiger partial charge in [-0.1, -0.05) is 48.6 Å². The van der Waals surface area contributed by atoms with Gasteiger partial charge >= 0.3 is 0 Å². The molecule has 2 aliphatic rings. The van der Waals surface area contributed by atoms with Crippen molar-refractivity contribution in [3.8, 4) is 0 Å². The van der Waals surface area contributed by atoms with E-state index in [0.717, 1.165) is 0 Å². The molecule has 2 aliphatic carbocycles. The lowest BCUT2D eigenvalue weighted by atomic mass is 9.77. The fraction of sp³-hybridized carbons (Fsp3) is 0.182. The molecule has 0 saturated heterocycles. The van der Waals surface area contributed by atoms with Crippen molar-refractivity contribution >= 4 is 52.9 Å². The molecule has 2 heterocycles. The number of thiophene rings is 2. The zero-order valence-electron chi connectivity index (χ0n) is 13.2. The largest absolute Gasteiger partial charge is 0.138 e. The van der Waals surface area contributed by atoms with Crippen molar-refractivity contribution in [2.75, 3.05) is 0 Å². The van der Waals surface area contributed by atoms with E-state index < -0.39 is 0 Å². The van der Waals surface area contributed by atoms with Gasteiger partial charge in [-0.2, -0.15) is 0 Å². The highest BCUT2D eigenvalue weighted by Crippen LogP contribution is 2.48. The highest BCUT2D eigenvalue weighted by atomic mass is 32.1. The molecule has 2 heteroatoms. The first-order valence-electron chi connectivity index (χ1n) is 8.57. The number of benzene rings is 2. The van der Waals surface area contributed by atoms with Crippen molar-refractivity contribution in [1.29, 1.82) is 0 Å². The van der Waals surface area contributed by atoms with Crippen LogP contribution >= 0.6 is 22.7 Å². The van der Waals surface area contributed by atoms with E-state index in [1.54, 1.807) is 15.1 Å². The lowest BCUT2D eigenvalue weighted by Crippen LogP contribution is -2.22. The summed E-state index contributed by atoms with van der Waals surface area (Å²) in [5.74, 6) is 1.41. The Bertz CT molecular complexity index is 1170. The van der Waals surface area contributed by atoms with Gasteiger partial charge in [-0.05, 0) is 53.1 Å². The van der Waals surface area contributed by atoms with Gasteiger partial charge in [0.05, 0.1) is 4.70 Å². The molecule has 24 heavy (non-hydrogen) atoms. The molecule has 2 aromatic heterocycles. The normalized spacial score (nSPS) is 22.3. The second-order valence-corrected chi connectivity index (χ2v) is 9.12. The van der Waals surface area contributed by atoms with Crippen molar-refractivity contribution in [3.05, 3.63) is 71.1 Å². The standard InChI is InChI=1S/C22H16S2/c1-3-7-15-11-19-17(9-13(15)5-1)21-22(23-19)18-10-14-6-2-4-8-16(14)12-20(18)24-21/h1-9,11,14,16H,10,12H2. The molecule has 0 N–H and O–H groups in total. The van der Waals surface area contributed by atoms with Gasteiger partial charge in [0.25, 0.3) is 0 Å². The molecular weight excluding hydrogens is 328 g/mol. The third-order valence-corrected chi connectivity index (χ3v) is 8.21. The van der Waals surface area contributed by atoms with E-state index in [-0.39, 0.29) is 0 Å². The van der Waals surface area contributed by atoms with Gasteiger partial charge in [-0.3, -0.25) is 0 Å². The van der Waals surface area contributed by atoms with Crippen molar-refractivity contribution in [1.82, 2.24) is 0 Å². The van der Waals surface area contributed by atoms with E-state index in [2.05, 4.69) is 72.0 Å². The molecule has 0 bridgehead atoms. The van der Waals surface area contributed by atoms with Crippen LogP contribution < -0.4 is 0 Å². The van der Waals surface area contributed by atoms with Crippen LogP contribution in [0.15, 0.2) is 60.7 Å². The molecule has 0 saturated carbocycles. The molecule has 116 valence electrons. The van der Waals surface area contributed by atoms with Crippen LogP contribution in [0, 0.1) is 11.8 Å². The highest BCUT2D eigenvalue weighted by Gasteiger charge is 2.30. The number of rotatable bonds is 0. The maximum atomic E-state index is 2.42.